The second-order valence-corrected chi connectivity index (χ2v) is 5.96. The summed E-state index contributed by atoms with van der Waals surface area (Å²) in [4.78, 5) is 8.66. The second-order valence-electron chi connectivity index (χ2n) is 5.96. The summed E-state index contributed by atoms with van der Waals surface area (Å²) in [5.41, 5.74) is 5.12. The normalized spacial score (nSPS) is 10.8. The Kier molecular flexibility index (Phi) is 4.23. The van der Waals surface area contributed by atoms with Gasteiger partial charge in [0.05, 0.1) is 7.11 Å². The predicted molar refractivity (Wildman–Crippen MR) is 100 cm³/mol. The molecule has 0 saturated heterocycles. The van der Waals surface area contributed by atoms with E-state index in [1.165, 1.54) is 11.9 Å². The molecule has 0 aliphatic heterocycles. The fraction of sp³-hybridized carbons (Fsp3) is 0.150. The molecule has 0 radical (unpaired) electrons. The minimum atomic E-state index is 0.540. The summed E-state index contributed by atoms with van der Waals surface area (Å²) in [5.74, 6) is 1.43. The Morgan fingerprint density at radius 3 is 2.65 bits per heavy atom. The van der Waals surface area contributed by atoms with Crippen LogP contribution in [0.25, 0.3) is 22.4 Å². The Morgan fingerprint density at radius 1 is 1.04 bits per heavy atom. The monoisotopic (exact) mass is 346 g/mol. The first kappa shape index (κ1) is 16.1. The summed E-state index contributed by atoms with van der Waals surface area (Å²) in [6, 6.07) is 15.9. The van der Waals surface area contributed by atoms with Crippen LogP contribution in [-0.4, -0.2) is 22.2 Å². The molecule has 6 heteroatoms. The van der Waals surface area contributed by atoms with Crippen molar-refractivity contribution >= 4 is 16.9 Å². The Morgan fingerprint density at radius 2 is 1.85 bits per heavy atom. The molecule has 0 unspecified atom stereocenters. The maximum absolute atomic E-state index is 5.54. The smallest absolute Gasteiger partial charge is 0.228 e. The van der Waals surface area contributed by atoms with E-state index in [1.807, 2.05) is 55.5 Å². The number of nitrogens with zero attached hydrogens (tertiary/aromatic N) is 3. The second kappa shape index (κ2) is 6.84. The molecule has 2 heterocycles. The van der Waals surface area contributed by atoms with Gasteiger partial charge in [0.15, 0.2) is 5.82 Å². The van der Waals surface area contributed by atoms with E-state index < -0.39 is 0 Å². The molecule has 4 rings (SSSR count). The molecular weight excluding hydrogens is 328 g/mol. The van der Waals surface area contributed by atoms with Crippen molar-refractivity contribution in [2.75, 3.05) is 12.4 Å². The number of anilines is 1. The van der Waals surface area contributed by atoms with Gasteiger partial charge in [0.25, 0.3) is 0 Å². The van der Waals surface area contributed by atoms with Crippen molar-refractivity contribution < 1.29 is 9.26 Å². The number of hydrogen-bond donors (Lipinski definition) is 1. The lowest BCUT2D eigenvalue weighted by Crippen LogP contribution is -2.03. The van der Waals surface area contributed by atoms with Crippen LogP contribution in [0.3, 0.4) is 0 Å². The van der Waals surface area contributed by atoms with Crippen LogP contribution in [0.15, 0.2) is 59.4 Å². The third kappa shape index (κ3) is 2.97. The van der Waals surface area contributed by atoms with E-state index >= 15 is 0 Å². The van der Waals surface area contributed by atoms with Gasteiger partial charge in [-0.15, -0.1) is 0 Å². The summed E-state index contributed by atoms with van der Waals surface area (Å²) < 4.78 is 10.9. The van der Waals surface area contributed by atoms with Gasteiger partial charge in [-0.2, -0.15) is 0 Å². The highest BCUT2D eigenvalue weighted by Crippen LogP contribution is 2.30. The maximum Gasteiger partial charge on any atom is 0.228 e. The highest BCUT2D eigenvalue weighted by atomic mass is 16.5. The zero-order valence-electron chi connectivity index (χ0n) is 14.6. The van der Waals surface area contributed by atoms with Crippen molar-refractivity contribution in [1.29, 1.82) is 0 Å². The fourth-order valence-corrected chi connectivity index (χ4v) is 2.82. The van der Waals surface area contributed by atoms with Gasteiger partial charge in [0.1, 0.15) is 23.3 Å². The summed E-state index contributed by atoms with van der Waals surface area (Å²) in [7, 11) is 1.66. The first-order valence-electron chi connectivity index (χ1n) is 8.29. The number of fused-ring (bicyclic) bond motifs is 1. The molecule has 0 atom stereocenters. The molecule has 130 valence electrons. The molecule has 6 nitrogen and oxygen atoms in total. The van der Waals surface area contributed by atoms with Gasteiger partial charge >= 0.3 is 0 Å². The van der Waals surface area contributed by atoms with Crippen LogP contribution in [0.1, 0.15) is 11.1 Å². The first-order valence-corrected chi connectivity index (χ1v) is 8.29. The first-order chi connectivity index (χ1) is 12.8. The third-order valence-electron chi connectivity index (χ3n) is 4.22. The number of para-hydroxylation sites is 1. The Hall–Kier alpha value is -3.41. The van der Waals surface area contributed by atoms with Gasteiger partial charge in [-0.1, -0.05) is 53.2 Å². The van der Waals surface area contributed by atoms with E-state index in [0.29, 0.717) is 29.2 Å². The van der Waals surface area contributed by atoms with Crippen LogP contribution in [0.4, 0.5) is 5.82 Å². The SMILES string of the molecule is COc1ccccc1CNc1ncnc2c(-c3ccc(C)cc3)noc12. The molecule has 0 spiro atoms. The average molecular weight is 346 g/mol. The summed E-state index contributed by atoms with van der Waals surface area (Å²) in [6.45, 7) is 2.60. The van der Waals surface area contributed by atoms with Gasteiger partial charge in [-0.3, -0.25) is 0 Å². The van der Waals surface area contributed by atoms with E-state index in [9.17, 15) is 0 Å². The number of aryl methyl sites for hydroxylation is 1. The summed E-state index contributed by atoms with van der Waals surface area (Å²) >= 11 is 0. The van der Waals surface area contributed by atoms with E-state index in [-0.39, 0.29) is 0 Å². The molecule has 0 bridgehead atoms. The van der Waals surface area contributed by atoms with E-state index in [2.05, 4.69) is 20.4 Å². The van der Waals surface area contributed by atoms with Crippen molar-refractivity contribution in [2.24, 2.45) is 0 Å². The highest BCUT2D eigenvalue weighted by molar-refractivity contribution is 5.93. The summed E-state index contributed by atoms with van der Waals surface area (Å²) in [5, 5.41) is 7.49. The van der Waals surface area contributed by atoms with Crippen LogP contribution in [0.2, 0.25) is 0 Å². The Labute approximate surface area is 150 Å². The van der Waals surface area contributed by atoms with Crippen LogP contribution in [0.5, 0.6) is 5.75 Å². The van der Waals surface area contributed by atoms with Crippen molar-refractivity contribution in [3.63, 3.8) is 0 Å². The number of ether oxygens (including phenoxy) is 1. The minimum Gasteiger partial charge on any atom is -0.496 e. The molecule has 0 amide bonds. The summed E-state index contributed by atoms with van der Waals surface area (Å²) in [6.07, 6.45) is 1.52. The molecule has 0 aliphatic rings. The molecule has 0 fully saturated rings. The van der Waals surface area contributed by atoms with Gasteiger partial charge in [0, 0.05) is 17.7 Å². The van der Waals surface area contributed by atoms with E-state index in [0.717, 1.165) is 16.9 Å². The Bertz CT molecular complexity index is 1040. The van der Waals surface area contributed by atoms with Crippen LogP contribution in [0, 0.1) is 6.92 Å². The fourth-order valence-electron chi connectivity index (χ4n) is 2.82. The number of aromatic nitrogens is 3. The molecular formula is C20H18N4O2. The highest BCUT2D eigenvalue weighted by Gasteiger charge is 2.16. The van der Waals surface area contributed by atoms with Crippen molar-refractivity contribution in [3.05, 3.63) is 66.0 Å². The lowest BCUT2D eigenvalue weighted by Gasteiger charge is -2.09. The van der Waals surface area contributed by atoms with Crippen LogP contribution in [-0.2, 0) is 6.54 Å². The van der Waals surface area contributed by atoms with Gasteiger partial charge in [-0.25, -0.2) is 9.97 Å². The molecule has 1 N–H and O–H groups in total. The average Bonchev–Trinajstić information content (AvgIpc) is 3.12. The molecule has 26 heavy (non-hydrogen) atoms. The standard InChI is InChI=1S/C20H18N4O2/c1-13-7-9-14(10-8-13)17-18-19(26-24-17)20(23-12-22-18)21-11-15-5-3-4-6-16(15)25-2/h3-10,12H,11H2,1-2H3,(H,21,22,23). The third-order valence-corrected chi connectivity index (χ3v) is 4.22. The topological polar surface area (TPSA) is 73.1 Å². The van der Waals surface area contributed by atoms with Crippen LogP contribution < -0.4 is 10.1 Å². The zero-order valence-corrected chi connectivity index (χ0v) is 14.6. The predicted octanol–water partition coefficient (Wildman–Crippen LogP) is 4.21. The van der Waals surface area contributed by atoms with Crippen molar-refractivity contribution in [2.45, 2.75) is 13.5 Å². The molecule has 4 aromatic rings. The van der Waals surface area contributed by atoms with Gasteiger partial charge in [-0.05, 0) is 13.0 Å². The largest absolute Gasteiger partial charge is 0.496 e. The van der Waals surface area contributed by atoms with Crippen molar-refractivity contribution in [3.8, 4) is 17.0 Å². The van der Waals surface area contributed by atoms with Gasteiger partial charge in [0.2, 0.25) is 5.58 Å². The van der Waals surface area contributed by atoms with E-state index in [1.54, 1.807) is 7.11 Å². The molecule has 2 aromatic carbocycles. The van der Waals surface area contributed by atoms with E-state index in [4.69, 9.17) is 9.26 Å². The zero-order chi connectivity index (χ0) is 17.9. The van der Waals surface area contributed by atoms with Crippen LogP contribution >= 0.6 is 0 Å². The van der Waals surface area contributed by atoms with Crippen molar-refractivity contribution in [1.82, 2.24) is 15.1 Å². The number of nitrogens with one attached hydrogen (secondary N) is 1. The quantitative estimate of drug-likeness (QED) is 0.583. The lowest BCUT2D eigenvalue weighted by atomic mass is 10.1. The Balaban J connectivity index is 1.66. The number of benzene rings is 2. The lowest BCUT2D eigenvalue weighted by molar-refractivity contribution is 0.410. The molecule has 0 aliphatic carbocycles. The number of hydrogen-bond acceptors (Lipinski definition) is 6. The molecule has 0 saturated carbocycles. The maximum atomic E-state index is 5.54. The van der Waals surface area contributed by atoms with Gasteiger partial charge < -0.3 is 14.6 Å². The number of methoxy groups -OCH3 is 1. The minimum absolute atomic E-state index is 0.540. The molecule has 2 aromatic heterocycles. The number of rotatable bonds is 5.